The van der Waals surface area contributed by atoms with Crippen LogP contribution in [0, 0.1) is 5.95 Å². The number of aromatic nitrogens is 1. The third-order valence-corrected chi connectivity index (χ3v) is 3.73. The Kier molecular flexibility index (Phi) is 2.91. The molecule has 1 saturated carbocycles. The van der Waals surface area contributed by atoms with Crippen molar-refractivity contribution in [3.63, 3.8) is 0 Å². The average Bonchev–Trinajstić information content (AvgIpc) is 2.14. The molecule has 1 aromatic rings. The lowest BCUT2D eigenvalue weighted by atomic mass is 9.92. The van der Waals surface area contributed by atoms with E-state index in [1.165, 1.54) is 12.5 Å². The van der Waals surface area contributed by atoms with Crippen LogP contribution in [0.1, 0.15) is 12.8 Å². The van der Waals surface area contributed by atoms with Crippen LogP contribution >= 0.6 is 11.8 Å². The summed E-state index contributed by atoms with van der Waals surface area (Å²) in [6.07, 6.45) is 4.51. The fraction of sp³-hybridized carbons (Fsp3) is 0.500. The molecule has 2 atom stereocenters. The van der Waals surface area contributed by atoms with Gasteiger partial charge in [-0.15, -0.1) is 0 Å². The minimum Gasteiger partial charge on any atom is -0.366 e. The molecule has 1 aliphatic rings. The number of halogens is 1. The fourth-order valence-corrected chi connectivity index (χ4v) is 2.50. The molecule has 76 valence electrons. The molecule has 1 fully saturated rings. The van der Waals surface area contributed by atoms with Crippen molar-refractivity contribution in [1.29, 1.82) is 0 Å². The lowest BCUT2D eigenvalue weighted by Crippen LogP contribution is -2.40. The SMILES string of the molecule is CSC1CCC1Nc1cccc(F)n1. The van der Waals surface area contributed by atoms with Crippen molar-refractivity contribution < 1.29 is 4.39 Å². The number of hydrogen-bond acceptors (Lipinski definition) is 3. The second-order valence-electron chi connectivity index (χ2n) is 3.45. The molecule has 2 rings (SSSR count). The highest BCUT2D eigenvalue weighted by atomic mass is 32.2. The summed E-state index contributed by atoms with van der Waals surface area (Å²) < 4.78 is 12.8. The number of nitrogens with one attached hydrogen (secondary N) is 1. The number of nitrogens with zero attached hydrogens (tertiary/aromatic N) is 1. The summed E-state index contributed by atoms with van der Waals surface area (Å²) in [4.78, 5) is 3.78. The standard InChI is InChI=1S/C10H13FN2S/c1-14-8-6-5-7(8)12-10-4-2-3-9(11)13-10/h2-4,7-8H,5-6H2,1H3,(H,12,13). The first-order chi connectivity index (χ1) is 6.79. The molecular weight excluding hydrogens is 199 g/mol. The lowest BCUT2D eigenvalue weighted by Gasteiger charge is -2.36. The quantitative estimate of drug-likeness (QED) is 0.779. The summed E-state index contributed by atoms with van der Waals surface area (Å²) in [5, 5.41) is 3.90. The second-order valence-corrected chi connectivity index (χ2v) is 4.52. The van der Waals surface area contributed by atoms with Gasteiger partial charge in [0.15, 0.2) is 0 Å². The van der Waals surface area contributed by atoms with Crippen molar-refractivity contribution in [2.24, 2.45) is 0 Å². The largest absolute Gasteiger partial charge is 0.366 e. The molecule has 1 aromatic heterocycles. The predicted molar refractivity (Wildman–Crippen MR) is 58.1 cm³/mol. The Labute approximate surface area is 87.3 Å². The highest BCUT2D eigenvalue weighted by molar-refractivity contribution is 7.99. The molecule has 1 aliphatic carbocycles. The van der Waals surface area contributed by atoms with Gasteiger partial charge in [0.05, 0.1) is 0 Å². The number of pyridine rings is 1. The van der Waals surface area contributed by atoms with Crippen molar-refractivity contribution >= 4 is 17.6 Å². The maximum absolute atomic E-state index is 12.8. The number of thioether (sulfide) groups is 1. The van der Waals surface area contributed by atoms with E-state index in [-0.39, 0.29) is 0 Å². The summed E-state index contributed by atoms with van der Waals surface area (Å²) in [5.74, 6) is 0.226. The van der Waals surface area contributed by atoms with Gasteiger partial charge in [-0.1, -0.05) is 6.07 Å². The zero-order valence-electron chi connectivity index (χ0n) is 8.03. The van der Waals surface area contributed by atoms with E-state index in [0.717, 1.165) is 6.42 Å². The highest BCUT2D eigenvalue weighted by Gasteiger charge is 2.29. The Balaban J connectivity index is 1.97. The summed E-state index contributed by atoms with van der Waals surface area (Å²) in [7, 11) is 0. The van der Waals surface area contributed by atoms with Crippen molar-refractivity contribution in [3.8, 4) is 0 Å². The molecule has 0 bridgehead atoms. The first-order valence-electron chi connectivity index (χ1n) is 4.71. The van der Waals surface area contributed by atoms with Gasteiger partial charge < -0.3 is 5.32 Å². The van der Waals surface area contributed by atoms with Crippen molar-refractivity contribution in [3.05, 3.63) is 24.1 Å². The van der Waals surface area contributed by atoms with Crippen LogP contribution < -0.4 is 5.32 Å². The Morgan fingerprint density at radius 2 is 2.36 bits per heavy atom. The molecule has 14 heavy (non-hydrogen) atoms. The number of anilines is 1. The summed E-state index contributed by atoms with van der Waals surface area (Å²) in [5.41, 5.74) is 0. The molecule has 0 amide bonds. The molecule has 1 N–H and O–H groups in total. The Hall–Kier alpha value is -0.770. The van der Waals surface area contributed by atoms with Crippen LogP contribution in [0.25, 0.3) is 0 Å². The van der Waals surface area contributed by atoms with E-state index in [1.807, 2.05) is 11.8 Å². The molecule has 2 nitrogen and oxygen atoms in total. The van der Waals surface area contributed by atoms with E-state index in [0.29, 0.717) is 17.1 Å². The number of hydrogen-bond donors (Lipinski definition) is 1. The maximum atomic E-state index is 12.8. The maximum Gasteiger partial charge on any atom is 0.214 e. The van der Waals surface area contributed by atoms with Gasteiger partial charge in [-0.3, -0.25) is 0 Å². The van der Waals surface area contributed by atoms with Gasteiger partial charge in [0, 0.05) is 11.3 Å². The van der Waals surface area contributed by atoms with Gasteiger partial charge in [0.2, 0.25) is 5.95 Å². The fourth-order valence-electron chi connectivity index (χ4n) is 1.60. The number of rotatable bonds is 3. The zero-order chi connectivity index (χ0) is 9.97. The topological polar surface area (TPSA) is 24.9 Å². The molecular formula is C10H13FN2S. The van der Waals surface area contributed by atoms with Gasteiger partial charge in [-0.2, -0.15) is 16.2 Å². The predicted octanol–water partition coefficient (Wildman–Crippen LogP) is 2.53. The Morgan fingerprint density at radius 3 is 2.93 bits per heavy atom. The molecule has 0 aromatic carbocycles. The summed E-state index contributed by atoms with van der Waals surface area (Å²) in [6.45, 7) is 0. The van der Waals surface area contributed by atoms with Crippen LogP contribution in [-0.4, -0.2) is 22.5 Å². The molecule has 2 unspecified atom stereocenters. The molecule has 1 heterocycles. The molecule has 0 saturated heterocycles. The zero-order valence-corrected chi connectivity index (χ0v) is 8.85. The highest BCUT2D eigenvalue weighted by Crippen LogP contribution is 2.32. The van der Waals surface area contributed by atoms with Crippen LogP contribution in [0.4, 0.5) is 10.2 Å². The van der Waals surface area contributed by atoms with Crippen LogP contribution in [-0.2, 0) is 0 Å². The third kappa shape index (κ3) is 2.00. The van der Waals surface area contributed by atoms with Gasteiger partial charge in [-0.05, 0) is 31.2 Å². The van der Waals surface area contributed by atoms with Crippen LogP contribution in [0.2, 0.25) is 0 Å². The van der Waals surface area contributed by atoms with Crippen LogP contribution in [0.3, 0.4) is 0 Å². The monoisotopic (exact) mass is 212 g/mol. The van der Waals surface area contributed by atoms with Crippen molar-refractivity contribution in [2.45, 2.75) is 24.1 Å². The minimum atomic E-state index is -0.421. The third-order valence-electron chi connectivity index (χ3n) is 2.56. The molecule has 0 spiro atoms. The average molecular weight is 212 g/mol. The first-order valence-corrected chi connectivity index (χ1v) is 6.00. The smallest absolute Gasteiger partial charge is 0.214 e. The van der Waals surface area contributed by atoms with Gasteiger partial charge in [-0.25, -0.2) is 4.98 Å². The summed E-state index contributed by atoms with van der Waals surface area (Å²) in [6, 6.07) is 5.30. The first kappa shape index (κ1) is 9.77. The van der Waals surface area contributed by atoms with Gasteiger partial charge in [0.1, 0.15) is 5.82 Å². The second kappa shape index (κ2) is 4.17. The van der Waals surface area contributed by atoms with E-state index in [1.54, 1.807) is 12.1 Å². The van der Waals surface area contributed by atoms with Crippen LogP contribution in [0.5, 0.6) is 0 Å². The van der Waals surface area contributed by atoms with E-state index >= 15 is 0 Å². The van der Waals surface area contributed by atoms with Crippen molar-refractivity contribution in [2.75, 3.05) is 11.6 Å². The Morgan fingerprint density at radius 1 is 1.50 bits per heavy atom. The molecule has 0 radical (unpaired) electrons. The van der Waals surface area contributed by atoms with Crippen molar-refractivity contribution in [1.82, 2.24) is 4.98 Å². The van der Waals surface area contributed by atoms with Crippen LogP contribution in [0.15, 0.2) is 18.2 Å². The van der Waals surface area contributed by atoms with Gasteiger partial charge >= 0.3 is 0 Å². The van der Waals surface area contributed by atoms with E-state index < -0.39 is 5.95 Å². The van der Waals surface area contributed by atoms with E-state index in [2.05, 4.69) is 16.6 Å². The normalized spacial score (nSPS) is 25.6. The lowest BCUT2D eigenvalue weighted by molar-refractivity contribution is 0.460. The van der Waals surface area contributed by atoms with Gasteiger partial charge in [0.25, 0.3) is 0 Å². The Bertz CT molecular complexity index is 317. The molecule has 4 heteroatoms. The molecule has 0 aliphatic heterocycles. The summed E-state index contributed by atoms with van der Waals surface area (Å²) >= 11 is 1.86. The minimum absolute atomic E-state index is 0.421. The van der Waals surface area contributed by atoms with E-state index in [9.17, 15) is 4.39 Å². The van der Waals surface area contributed by atoms with E-state index in [4.69, 9.17) is 0 Å².